The number of aryl methyl sites for hydroxylation is 1. The van der Waals surface area contributed by atoms with Crippen LogP contribution < -0.4 is 0 Å². The minimum Gasteiger partial charge on any atom is -0.269 e. The molecule has 112 valence electrons. The Morgan fingerprint density at radius 2 is 2.00 bits per heavy atom. The Hall–Kier alpha value is -1.28. The first kappa shape index (κ1) is 14.6. The van der Waals surface area contributed by atoms with Gasteiger partial charge < -0.3 is 0 Å². The predicted octanol–water partition coefficient (Wildman–Crippen LogP) is 4.87. The molecule has 1 heterocycles. The van der Waals surface area contributed by atoms with E-state index in [9.17, 15) is 0 Å². The molecular formula is C18H23ClN2. The molecule has 21 heavy (non-hydrogen) atoms. The van der Waals surface area contributed by atoms with Crippen molar-refractivity contribution >= 4 is 11.6 Å². The molecule has 1 saturated carbocycles. The summed E-state index contributed by atoms with van der Waals surface area (Å²) in [5.41, 5.74) is 3.83. The van der Waals surface area contributed by atoms with Crippen LogP contribution in [0, 0.1) is 6.92 Å². The van der Waals surface area contributed by atoms with Gasteiger partial charge in [0.25, 0.3) is 0 Å². The number of nitrogens with zero attached hydrogens (tertiary/aromatic N) is 2. The zero-order valence-electron chi connectivity index (χ0n) is 12.6. The summed E-state index contributed by atoms with van der Waals surface area (Å²) in [4.78, 5) is 0. The Bertz CT molecular complexity index is 584. The van der Waals surface area contributed by atoms with Gasteiger partial charge in [0, 0.05) is 18.0 Å². The van der Waals surface area contributed by atoms with E-state index >= 15 is 0 Å². The second-order valence-electron chi connectivity index (χ2n) is 6.14. The van der Waals surface area contributed by atoms with Gasteiger partial charge in [0.2, 0.25) is 0 Å². The highest BCUT2D eigenvalue weighted by molar-refractivity contribution is 6.18. The molecule has 1 atom stereocenters. The van der Waals surface area contributed by atoms with E-state index in [2.05, 4.69) is 48.1 Å². The summed E-state index contributed by atoms with van der Waals surface area (Å²) in [5.74, 6) is 0.987. The molecule has 0 spiro atoms. The van der Waals surface area contributed by atoms with E-state index in [1.54, 1.807) is 0 Å². The zero-order valence-corrected chi connectivity index (χ0v) is 13.4. The monoisotopic (exact) mass is 302 g/mol. The Balaban J connectivity index is 1.74. The number of rotatable bonds is 5. The van der Waals surface area contributed by atoms with Crippen LogP contribution in [-0.2, 0) is 6.42 Å². The molecule has 1 fully saturated rings. The first-order chi connectivity index (χ1) is 10.3. The molecule has 0 bridgehead atoms. The molecule has 1 unspecified atom stereocenters. The smallest absolute Gasteiger partial charge is 0.0631 e. The van der Waals surface area contributed by atoms with Gasteiger partial charge in [-0.15, -0.1) is 11.6 Å². The van der Waals surface area contributed by atoms with Crippen LogP contribution in [0.2, 0.25) is 0 Å². The molecule has 3 rings (SSSR count). The molecule has 1 aliphatic carbocycles. The van der Waals surface area contributed by atoms with Gasteiger partial charge in [-0.3, -0.25) is 4.68 Å². The SMILES string of the molecule is Cc1ccccc1C(CCl)Cc1ccn(C2CCCC2)n1. The van der Waals surface area contributed by atoms with Gasteiger partial charge in [-0.05, 0) is 43.4 Å². The van der Waals surface area contributed by atoms with Gasteiger partial charge in [-0.2, -0.15) is 5.10 Å². The highest BCUT2D eigenvalue weighted by Gasteiger charge is 2.19. The lowest BCUT2D eigenvalue weighted by Gasteiger charge is -2.16. The number of aromatic nitrogens is 2. The van der Waals surface area contributed by atoms with Gasteiger partial charge in [-0.25, -0.2) is 0 Å². The summed E-state index contributed by atoms with van der Waals surface area (Å²) in [6.45, 7) is 2.16. The number of benzene rings is 1. The molecule has 0 radical (unpaired) electrons. The summed E-state index contributed by atoms with van der Waals surface area (Å²) in [6.07, 6.45) is 8.30. The van der Waals surface area contributed by atoms with Crippen molar-refractivity contribution in [1.29, 1.82) is 0 Å². The van der Waals surface area contributed by atoms with Crippen LogP contribution in [0.5, 0.6) is 0 Å². The van der Waals surface area contributed by atoms with E-state index in [1.165, 1.54) is 36.8 Å². The van der Waals surface area contributed by atoms with Crippen molar-refractivity contribution in [2.75, 3.05) is 5.88 Å². The molecule has 0 N–H and O–H groups in total. The Morgan fingerprint density at radius 3 is 2.71 bits per heavy atom. The van der Waals surface area contributed by atoms with E-state index in [0.29, 0.717) is 17.8 Å². The first-order valence-electron chi connectivity index (χ1n) is 7.93. The number of hydrogen-bond donors (Lipinski definition) is 0. The second kappa shape index (κ2) is 6.65. The number of halogens is 1. The van der Waals surface area contributed by atoms with Crippen LogP contribution in [-0.4, -0.2) is 15.7 Å². The standard InChI is InChI=1S/C18H23ClN2/c1-14-6-2-5-9-18(14)15(13-19)12-16-10-11-21(20-16)17-7-3-4-8-17/h2,5-6,9-11,15,17H,3-4,7-8,12-13H2,1H3. The van der Waals surface area contributed by atoms with Crippen LogP contribution in [0.25, 0.3) is 0 Å². The summed E-state index contributed by atoms with van der Waals surface area (Å²) in [5, 5.41) is 4.79. The third-order valence-electron chi connectivity index (χ3n) is 4.63. The average molecular weight is 303 g/mol. The van der Waals surface area contributed by atoms with Gasteiger partial charge in [0.1, 0.15) is 0 Å². The quantitative estimate of drug-likeness (QED) is 0.720. The maximum Gasteiger partial charge on any atom is 0.0631 e. The minimum absolute atomic E-state index is 0.347. The van der Waals surface area contributed by atoms with Crippen molar-refractivity contribution in [1.82, 2.24) is 9.78 Å². The van der Waals surface area contributed by atoms with Crippen LogP contribution in [0.15, 0.2) is 36.5 Å². The summed E-state index contributed by atoms with van der Waals surface area (Å²) < 4.78 is 2.17. The fraction of sp³-hybridized carbons (Fsp3) is 0.500. The van der Waals surface area contributed by atoms with Crippen molar-refractivity contribution in [2.45, 2.75) is 51.0 Å². The summed E-state index contributed by atoms with van der Waals surface area (Å²) in [6, 6.07) is 11.3. The molecule has 1 aromatic carbocycles. The Morgan fingerprint density at radius 1 is 1.24 bits per heavy atom. The van der Waals surface area contributed by atoms with Crippen molar-refractivity contribution in [3.63, 3.8) is 0 Å². The van der Waals surface area contributed by atoms with Gasteiger partial charge >= 0.3 is 0 Å². The molecule has 1 aliphatic rings. The minimum atomic E-state index is 0.347. The first-order valence-corrected chi connectivity index (χ1v) is 8.47. The van der Waals surface area contributed by atoms with E-state index < -0.39 is 0 Å². The maximum atomic E-state index is 6.22. The van der Waals surface area contributed by atoms with Gasteiger partial charge in [-0.1, -0.05) is 37.1 Å². The van der Waals surface area contributed by atoms with E-state index in [1.807, 2.05) is 0 Å². The number of alkyl halides is 1. The third kappa shape index (κ3) is 3.32. The zero-order chi connectivity index (χ0) is 14.7. The molecule has 1 aromatic heterocycles. The Kier molecular flexibility index (Phi) is 4.64. The topological polar surface area (TPSA) is 17.8 Å². The van der Waals surface area contributed by atoms with Gasteiger partial charge in [0.15, 0.2) is 0 Å². The summed E-state index contributed by atoms with van der Waals surface area (Å²) in [7, 11) is 0. The van der Waals surface area contributed by atoms with Crippen LogP contribution in [0.1, 0.15) is 54.5 Å². The largest absolute Gasteiger partial charge is 0.269 e. The van der Waals surface area contributed by atoms with E-state index in [-0.39, 0.29) is 0 Å². The molecule has 0 aliphatic heterocycles. The van der Waals surface area contributed by atoms with Crippen molar-refractivity contribution < 1.29 is 0 Å². The molecule has 3 heteroatoms. The lowest BCUT2D eigenvalue weighted by molar-refractivity contribution is 0.461. The normalized spacial score (nSPS) is 17.2. The van der Waals surface area contributed by atoms with Crippen LogP contribution >= 0.6 is 11.6 Å². The average Bonchev–Trinajstić information content (AvgIpc) is 3.16. The van der Waals surface area contributed by atoms with Crippen molar-refractivity contribution in [2.24, 2.45) is 0 Å². The van der Waals surface area contributed by atoms with E-state index in [4.69, 9.17) is 16.7 Å². The molecule has 2 nitrogen and oxygen atoms in total. The van der Waals surface area contributed by atoms with Crippen molar-refractivity contribution in [3.05, 3.63) is 53.3 Å². The molecule has 0 saturated heterocycles. The number of hydrogen-bond acceptors (Lipinski definition) is 1. The fourth-order valence-electron chi connectivity index (χ4n) is 3.40. The third-order valence-corrected chi connectivity index (χ3v) is 5.00. The highest BCUT2D eigenvalue weighted by atomic mass is 35.5. The fourth-order valence-corrected chi connectivity index (χ4v) is 3.68. The van der Waals surface area contributed by atoms with Crippen LogP contribution in [0.4, 0.5) is 0 Å². The second-order valence-corrected chi connectivity index (χ2v) is 6.45. The maximum absolute atomic E-state index is 6.22. The van der Waals surface area contributed by atoms with Crippen LogP contribution in [0.3, 0.4) is 0 Å². The predicted molar refractivity (Wildman–Crippen MR) is 88.1 cm³/mol. The van der Waals surface area contributed by atoms with Gasteiger partial charge in [0.05, 0.1) is 11.7 Å². The van der Waals surface area contributed by atoms with Crippen molar-refractivity contribution in [3.8, 4) is 0 Å². The summed E-state index contributed by atoms with van der Waals surface area (Å²) >= 11 is 6.22. The van der Waals surface area contributed by atoms with E-state index in [0.717, 1.165) is 12.1 Å². The molecule has 0 amide bonds. The lowest BCUT2D eigenvalue weighted by atomic mass is 9.92. The molecule has 2 aromatic rings. The Labute approximate surface area is 132 Å². The lowest BCUT2D eigenvalue weighted by Crippen LogP contribution is -2.09. The molecular weight excluding hydrogens is 280 g/mol. The highest BCUT2D eigenvalue weighted by Crippen LogP contribution is 2.30.